The standard InChI is InChI=1S/C11H17ClN4/c1-7-3-4-16(8(2)5-7)11-9(13)10(12)14-6-15-11/h6-8H,3-5,13H2,1-2H3. The molecule has 1 aliphatic heterocycles. The van der Waals surface area contributed by atoms with Crippen molar-refractivity contribution in [2.75, 3.05) is 17.2 Å². The van der Waals surface area contributed by atoms with Crippen molar-refractivity contribution in [3.05, 3.63) is 11.5 Å². The monoisotopic (exact) mass is 240 g/mol. The first-order valence-electron chi connectivity index (χ1n) is 5.62. The van der Waals surface area contributed by atoms with E-state index in [1.165, 1.54) is 19.2 Å². The summed E-state index contributed by atoms with van der Waals surface area (Å²) in [5.74, 6) is 1.55. The van der Waals surface area contributed by atoms with Gasteiger partial charge in [0.05, 0.1) is 0 Å². The number of aromatic nitrogens is 2. The van der Waals surface area contributed by atoms with Gasteiger partial charge in [-0.2, -0.15) is 0 Å². The normalized spacial score (nSPS) is 25.8. The molecule has 5 heteroatoms. The smallest absolute Gasteiger partial charge is 0.157 e. The van der Waals surface area contributed by atoms with Crippen LogP contribution in [0.25, 0.3) is 0 Å². The molecule has 2 rings (SSSR count). The average molecular weight is 241 g/mol. The van der Waals surface area contributed by atoms with Gasteiger partial charge in [-0.05, 0) is 25.7 Å². The Kier molecular flexibility index (Phi) is 3.19. The minimum atomic E-state index is 0.343. The number of rotatable bonds is 1. The summed E-state index contributed by atoms with van der Waals surface area (Å²) in [5.41, 5.74) is 6.40. The van der Waals surface area contributed by atoms with Crippen molar-refractivity contribution < 1.29 is 0 Å². The number of anilines is 2. The van der Waals surface area contributed by atoms with Gasteiger partial charge in [0.15, 0.2) is 11.0 Å². The summed E-state index contributed by atoms with van der Waals surface area (Å²) in [6.45, 7) is 5.47. The predicted octanol–water partition coefficient (Wildman–Crippen LogP) is 2.34. The van der Waals surface area contributed by atoms with Gasteiger partial charge in [0.2, 0.25) is 0 Å². The van der Waals surface area contributed by atoms with Crippen LogP contribution in [0, 0.1) is 5.92 Å². The lowest BCUT2D eigenvalue weighted by atomic mass is 9.93. The zero-order valence-electron chi connectivity index (χ0n) is 9.65. The Morgan fingerprint density at radius 3 is 2.88 bits per heavy atom. The van der Waals surface area contributed by atoms with E-state index in [0.29, 0.717) is 16.9 Å². The average Bonchev–Trinajstić information content (AvgIpc) is 2.23. The Bertz CT molecular complexity index is 382. The summed E-state index contributed by atoms with van der Waals surface area (Å²) in [5, 5.41) is 0.343. The summed E-state index contributed by atoms with van der Waals surface area (Å²) >= 11 is 5.91. The predicted molar refractivity (Wildman–Crippen MR) is 66.7 cm³/mol. The Morgan fingerprint density at radius 1 is 1.44 bits per heavy atom. The molecule has 0 amide bonds. The van der Waals surface area contributed by atoms with Gasteiger partial charge in [0.25, 0.3) is 0 Å². The topological polar surface area (TPSA) is 55.0 Å². The van der Waals surface area contributed by atoms with Crippen molar-refractivity contribution in [1.29, 1.82) is 0 Å². The molecule has 0 radical (unpaired) electrons. The lowest BCUT2D eigenvalue weighted by molar-refractivity contribution is 0.376. The molecule has 0 saturated carbocycles. The van der Waals surface area contributed by atoms with E-state index in [0.717, 1.165) is 18.3 Å². The number of hydrogen-bond acceptors (Lipinski definition) is 4. The van der Waals surface area contributed by atoms with Crippen molar-refractivity contribution in [2.24, 2.45) is 5.92 Å². The van der Waals surface area contributed by atoms with Crippen LogP contribution in [0.4, 0.5) is 11.5 Å². The minimum absolute atomic E-state index is 0.343. The summed E-state index contributed by atoms with van der Waals surface area (Å²) < 4.78 is 0. The molecule has 1 aromatic heterocycles. The summed E-state index contributed by atoms with van der Waals surface area (Å²) in [6, 6.07) is 0.456. The summed E-state index contributed by atoms with van der Waals surface area (Å²) in [4.78, 5) is 10.3. The van der Waals surface area contributed by atoms with Crippen LogP contribution in [-0.4, -0.2) is 22.6 Å². The lowest BCUT2D eigenvalue weighted by Gasteiger charge is -2.37. The fraction of sp³-hybridized carbons (Fsp3) is 0.636. The molecule has 0 bridgehead atoms. The number of nitrogen functional groups attached to an aromatic ring is 1. The van der Waals surface area contributed by atoms with Gasteiger partial charge in [0, 0.05) is 12.6 Å². The van der Waals surface area contributed by atoms with Crippen molar-refractivity contribution in [3.8, 4) is 0 Å². The van der Waals surface area contributed by atoms with Gasteiger partial charge in [-0.25, -0.2) is 9.97 Å². The number of hydrogen-bond donors (Lipinski definition) is 1. The molecule has 0 aromatic carbocycles. The van der Waals surface area contributed by atoms with E-state index in [-0.39, 0.29) is 0 Å². The maximum atomic E-state index is 5.91. The Hall–Kier alpha value is -1.03. The molecule has 1 aromatic rings. The van der Waals surface area contributed by atoms with E-state index in [1.54, 1.807) is 0 Å². The van der Waals surface area contributed by atoms with Gasteiger partial charge < -0.3 is 10.6 Å². The molecule has 0 spiro atoms. The third-order valence-corrected chi connectivity index (χ3v) is 3.53. The molecule has 1 aliphatic rings. The number of piperidine rings is 1. The third kappa shape index (κ3) is 2.07. The SMILES string of the molecule is CC1CCN(c2ncnc(Cl)c2N)C(C)C1. The van der Waals surface area contributed by atoms with Gasteiger partial charge >= 0.3 is 0 Å². The number of nitrogens with zero attached hydrogens (tertiary/aromatic N) is 3. The lowest BCUT2D eigenvalue weighted by Crippen LogP contribution is -2.41. The fourth-order valence-corrected chi connectivity index (χ4v) is 2.44. The molecule has 4 nitrogen and oxygen atoms in total. The molecule has 88 valence electrons. The molecule has 2 atom stereocenters. The highest BCUT2D eigenvalue weighted by Crippen LogP contribution is 2.32. The molecular weight excluding hydrogens is 224 g/mol. The Labute approximate surface area is 101 Å². The maximum absolute atomic E-state index is 5.91. The van der Waals surface area contributed by atoms with Crippen LogP contribution >= 0.6 is 11.6 Å². The van der Waals surface area contributed by atoms with E-state index in [1.807, 2.05) is 0 Å². The second kappa shape index (κ2) is 4.45. The first kappa shape index (κ1) is 11.5. The minimum Gasteiger partial charge on any atom is -0.393 e. The summed E-state index contributed by atoms with van der Waals surface area (Å²) in [6.07, 6.45) is 3.81. The highest BCUT2D eigenvalue weighted by atomic mass is 35.5. The van der Waals surface area contributed by atoms with E-state index >= 15 is 0 Å². The van der Waals surface area contributed by atoms with Crippen molar-refractivity contribution in [3.63, 3.8) is 0 Å². The van der Waals surface area contributed by atoms with Gasteiger partial charge in [-0.1, -0.05) is 18.5 Å². The second-order valence-electron chi connectivity index (χ2n) is 4.57. The van der Waals surface area contributed by atoms with Crippen LogP contribution in [0.2, 0.25) is 5.15 Å². The highest BCUT2D eigenvalue weighted by Gasteiger charge is 2.25. The Morgan fingerprint density at radius 2 is 2.19 bits per heavy atom. The van der Waals surface area contributed by atoms with Crippen LogP contribution in [0.15, 0.2) is 6.33 Å². The highest BCUT2D eigenvalue weighted by molar-refractivity contribution is 6.32. The molecule has 0 aliphatic carbocycles. The summed E-state index contributed by atoms with van der Waals surface area (Å²) in [7, 11) is 0. The fourth-order valence-electron chi connectivity index (χ4n) is 2.32. The van der Waals surface area contributed by atoms with Crippen molar-refractivity contribution in [1.82, 2.24) is 9.97 Å². The second-order valence-corrected chi connectivity index (χ2v) is 4.93. The molecule has 1 saturated heterocycles. The first-order chi connectivity index (χ1) is 7.59. The van der Waals surface area contributed by atoms with E-state index in [9.17, 15) is 0 Å². The third-order valence-electron chi connectivity index (χ3n) is 3.22. The van der Waals surface area contributed by atoms with E-state index in [4.69, 9.17) is 17.3 Å². The molecular formula is C11H17ClN4. The molecule has 2 heterocycles. The Balaban J connectivity index is 2.27. The molecule has 2 unspecified atom stereocenters. The van der Waals surface area contributed by atoms with Crippen LogP contribution < -0.4 is 10.6 Å². The van der Waals surface area contributed by atoms with Crippen LogP contribution in [0.1, 0.15) is 26.7 Å². The van der Waals surface area contributed by atoms with Crippen LogP contribution in [-0.2, 0) is 0 Å². The molecule has 1 fully saturated rings. The zero-order chi connectivity index (χ0) is 11.7. The zero-order valence-corrected chi connectivity index (χ0v) is 10.4. The first-order valence-corrected chi connectivity index (χ1v) is 6.00. The van der Waals surface area contributed by atoms with Gasteiger partial charge in [0.1, 0.15) is 12.0 Å². The molecule has 2 N–H and O–H groups in total. The van der Waals surface area contributed by atoms with Crippen molar-refractivity contribution in [2.45, 2.75) is 32.7 Å². The van der Waals surface area contributed by atoms with E-state index in [2.05, 4.69) is 28.7 Å². The van der Waals surface area contributed by atoms with Crippen molar-refractivity contribution >= 4 is 23.1 Å². The van der Waals surface area contributed by atoms with E-state index < -0.39 is 0 Å². The van der Waals surface area contributed by atoms with Crippen LogP contribution in [0.5, 0.6) is 0 Å². The largest absolute Gasteiger partial charge is 0.393 e. The number of nitrogens with two attached hydrogens (primary N) is 1. The van der Waals surface area contributed by atoms with Gasteiger partial charge in [-0.15, -0.1) is 0 Å². The number of halogens is 1. The quantitative estimate of drug-likeness (QED) is 0.766. The maximum Gasteiger partial charge on any atom is 0.157 e. The van der Waals surface area contributed by atoms with Gasteiger partial charge in [-0.3, -0.25) is 0 Å². The molecule has 16 heavy (non-hydrogen) atoms. The van der Waals surface area contributed by atoms with Crippen LogP contribution in [0.3, 0.4) is 0 Å².